The summed E-state index contributed by atoms with van der Waals surface area (Å²) in [4.78, 5) is 12.7. The highest BCUT2D eigenvalue weighted by Crippen LogP contribution is 2.24. The Hall–Kier alpha value is -3.76. The number of sulfonamides is 1. The zero-order chi connectivity index (χ0) is 21.1. The highest BCUT2D eigenvalue weighted by Gasteiger charge is 2.15. The molecule has 10 heteroatoms. The van der Waals surface area contributed by atoms with Crippen LogP contribution < -0.4 is 10.0 Å². The molecule has 4 aromatic rings. The summed E-state index contributed by atoms with van der Waals surface area (Å²) < 4.78 is 36.5. The molecule has 0 radical (unpaired) electrons. The minimum absolute atomic E-state index is 0.0570. The summed E-state index contributed by atoms with van der Waals surface area (Å²) in [5.74, 6) is 0.121. The van der Waals surface area contributed by atoms with E-state index in [1.54, 1.807) is 42.5 Å². The van der Waals surface area contributed by atoms with Crippen molar-refractivity contribution in [3.63, 3.8) is 0 Å². The van der Waals surface area contributed by atoms with E-state index in [2.05, 4.69) is 20.2 Å². The molecule has 0 unspecified atom stereocenters. The molecular formula is C20H16N4O5S. The van der Waals surface area contributed by atoms with Gasteiger partial charge in [0.05, 0.1) is 11.2 Å². The van der Waals surface area contributed by atoms with Gasteiger partial charge < -0.3 is 8.83 Å². The second-order valence-electron chi connectivity index (χ2n) is 6.16. The fraction of sp³-hybridized carbons (Fsp3) is 0.0500. The molecule has 1 amide bonds. The Kier molecular flexibility index (Phi) is 5.17. The normalized spacial score (nSPS) is 11.4. The Morgan fingerprint density at radius 2 is 1.77 bits per heavy atom. The third kappa shape index (κ3) is 4.00. The first-order chi connectivity index (χ1) is 14.5. The maximum Gasteiger partial charge on any atom is 0.322 e. The lowest BCUT2D eigenvalue weighted by molar-refractivity contribution is 0.102. The number of benzene rings is 2. The van der Waals surface area contributed by atoms with E-state index in [1.807, 2.05) is 6.07 Å². The van der Waals surface area contributed by atoms with Crippen LogP contribution in [-0.4, -0.2) is 31.6 Å². The van der Waals surface area contributed by atoms with Crippen molar-refractivity contribution < 1.29 is 22.0 Å². The van der Waals surface area contributed by atoms with Gasteiger partial charge in [-0.05, 0) is 54.6 Å². The zero-order valence-corrected chi connectivity index (χ0v) is 16.5. The van der Waals surface area contributed by atoms with Crippen molar-refractivity contribution in [3.05, 3.63) is 72.5 Å². The molecule has 0 atom stereocenters. The second kappa shape index (κ2) is 7.93. The number of hydrogen-bond donors (Lipinski definition) is 2. The number of furan rings is 1. The third-order valence-electron chi connectivity index (χ3n) is 4.27. The van der Waals surface area contributed by atoms with Crippen molar-refractivity contribution in [1.29, 1.82) is 0 Å². The van der Waals surface area contributed by atoms with E-state index in [9.17, 15) is 13.2 Å². The molecule has 30 heavy (non-hydrogen) atoms. The van der Waals surface area contributed by atoms with E-state index in [0.29, 0.717) is 11.3 Å². The van der Waals surface area contributed by atoms with Gasteiger partial charge in [0.15, 0.2) is 5.76 Å². The third-order valence-corrected chi connectivity index (χ3v) is 5.70. The van der Waals surface area contributed by atoms with E-state index in [0.717, 1.165) is 11.1 Å². The van der Waals surface area contributed by atoms with Crippen molar-refractivity contribution in [2.75, 3.05) is 12.4 Å². The molecule has 2 aromatic carbocycles. The van der Waals surface area contributed by atoms with E-state index < -0.39 is 15.9 Å². The first-order valence-corrected chi connectivity index (χ1v) is 10.3. The zero-order valence-electron chi connectivity index (χ0n) is 15.7. The lowest BCUT2D eigenvalue weighted by Gasteiger charge is -2.07. The Morgan fingerprint density at radius 3 is 2.47 bits per heavy atom. The van der Waals surface area contributed by atoms with E-state index in [1.165, 1.54) is 25.4 Å². The van der Waals surface area contributed by atoms with Gasteiger partial charge in [0.2, 0.25) is 10.0 Å². The van der Waals surface area contributed by atoms with Crippen LogP contribution in [-0.2, 0) is 10.0 Å². The summed E-state index contributed by atoms with van der Waals surface area (Å²) in [7, 11) is -2.16. The summed E-state index contributed by atoms with van der Waals surface area (Å²) in [5, 5.41) is 10.2. The van der Waals surface area contributed by atoms with Crippen molar-refractivity contribution in [1.82, 2.24) is 14.9 Å². The van der Waals surface area contributed by atoms with Crippen LogP contribution in [0.1, 0.15) is 10.4 Å². The van der Waals surface area contributed by atoms with Crippen LogP contribution in [0.25, 0.3) is 22.8 Å². The summed E-state index contributed by atoms with van der Waals surface area (Å²) in [6.45, 7) is 0. The molecule has 0 saturated carbocycles. The summed E-state index contributed by atoms with van der Waals surface area (Å²) >= 11 is 0. The van der Waals surface area contributed by atoms with Gasteiger partial charge in [-0.3, -0.25) is 10.1 Å². The van der Waals surface area contributed by atoms with E-state index in [-0.39, 0.29) is 16.8 Å². The number of nitrogens with one attached hydrogen (secondary N) is 2. The Labute approximate surface area is 171 Å². The molecular weight excluding hydrogens is 408 g/mol. The highest BCUT2D eigenvalue weighted by atomic mass is 32.2. The Bertz CT molecular complexity index is 1280. The van der Waals surface area contributed by atoms with E-state index >= 15 is 0 Å². The minimum atomic E-state index is -3.51. The number of carbonyl (C=O) groups is 1. The monoisotopic (exact) mass is 424 g/mol. The molecule has 0 spiro atoms. The van der Waals surface area contributed by atoms with Crippen molar-refractivity contribution in [2.45, 2.75) is 4.90 Å². The number of anilines is 1. The van der Waals surface area contributed by atoms with Crippen LogP contribution in [0.2, 0.25) is 0 Å². The fourth-order valence-corrected chi connectivity index (χ4v) is 3.46. The van der Waals surface area contributed by atoms with Gasteiger partial charge in [0.25, 0.3) is 11.8 Å². The molecule has 0 fully saturated rings. The number of carbonyl (C=O) groups excluding carboxylic acids is 1. The van der Waals surface area contributed by atoms with Gasteiger partial charge in [0.1, 0.15) is 0 Å². The SMILES string of the molecule is CNS(=O)(=O)c1ccc(-c2cccc(C(=O)Nc3nnc(-c4ccco4)o3)c2)cc1. The number of aromatic nitrogens is 2. The summed E-state index contributed by atoms with van der Waals surface area (Å²) in [6.07, 6.45) is 1.48. The summed E-state index contributed by atoms with van der Waals surface area (Å²) in [5.41, 5.74) is 1.88. The quantitative estimate of drug-likeness (QED) is 0.487. The predicted octanol–water partition coefficient (Wildman–Crippen LogP) is 3.16. The van der Waals surface area contributed by atoms with Crippen molar-refractivity contribution >= 4 is 21.9 Å². The molecule has 0 aliphatic carbocycles. The van der Waals surface area contributed by atoms with Gasteiger partial charge in [-0.2, -0.15) is 0 Å². The van der Waals surface area contributed by atoms with Gasteiger partial charge in [-0.25, -0.2) is 13.1 Å². The number of amides is 1. The lowest BCUT2D eigenvalue weighted by atomic mass is 10.0. The molecule has 0 aliphatic heterocycles. The fourth-order valence-electron chi connectivity index (χ4n) is 2.73. The summed E-state index contributed by atoms with van der Waals surface area (Å²) in [6, 6.07) is 16.5. The lowest BCUT2D eigenvalue weighted by Crippen LogP contribution is -2.18. The first-order valence-electron chi connectivity index (χ1n) is 8.79. The van der Waals surface area contributed by atoms with Gasteiger partial charge >= 0.3 is 6.01 Å². The Balaban J connectivity index is 1.52. The van der Waals surface area contributed by atoms with Gasteiger partial charge in [-0.1, -0.05) is 29.4 Å². The molecule has 2 heterocycles. The predicted molar refractivity (Wildman–Crippen MR) is 108 cm³/mol. The van der Waals surface area contributed by atoms with Crippen LogP contribution in [0.3, 0.4) is 0 Å². The van der Waals surface area contributed by atoms with Gasteiger partial charge in [-0.15, -0.1) is 5.10 Å². The molecule has 0 saturated heterocycles. The maximum atomic E-state index is 12.6. The number of hydrogen-bond acceptors (Lipinski definition) is 7. The molecule has 2 N–H and O–H groups in total. The number of nitrogens with zero attached hydrogens (tertiary/aromatic N) is 2. The molecule has 0 bridgehead atoms. The van der Waals surface area contributed by atoms with Crippen LogP contribution in [0.4, 0.5) is 6.01 Å². The average Bonchev–Trinajstić information content (AvgIpc) is 3.46. The largest absolute Gasteiger partial charge is 0.459 e. The molecule has 4 rings (SSSR count). The second-order valence-corrected chi connectivity index (χ2v) is 8.04. The van der Waals surface area contributed by atoms with Crippen LogP contribution in [0.15, 0.2) is 80.7 Å². The van der Waals surface area contributed by atoms with Crippen LogP contribution in [0.5, 0.6) is 0 Å². The minimum Gasteiger partial charge on any atom is -0.459 e. The standard InChI is InChI=1S/C20H16N4O5S/c1-21-30(26,27)16-9-7-13(8-10-16)14-4-2-5-15(12-14)18(25)22-20-24-23-19(29-20)17-6-3-11-28-17/h2-12,21H,1H3,(H,22,24,25). The maximum absolute atomic E-state index is 12.6. The molecule has 2 aromatic heterocycles. The van der Waals surface area contributed by atoms with Crippen LogP contribution >= 0.6 is 0 Å². The van der Waals surface area contributed by atoms with Crippen molar-refractivity contribution in [2.24, 2.45) is 0 Å². The topological polar surface area (TPSA) is 127 Å². The van der Waals surface area contributed by atoms with E-state index in [4.69, 9.17) is 8.83 Å². The number of rotatable bonds is 6. The van der Waals surface area contributed by atoms with Crippen LogP contribution in [0, 0.1) is 0 Å². The highest BCUT2D eigenvalue weighted by molar-refractivity contribution is 7.89. The molecule has 9 nitrogen and oxygen atoms in total. The Morgan fingerprint density at radius 1 is 0.967 bits per heavy atom. The smallest absolute Gasteiger partial charge is 0.322 e. The molecule has 0 aliphatic rings. The molecule has 152 valence electrons. The average molecular weight is 424 g/mol. The first kappa shape index (κ1) is 19.6. The van der Waals surface area contributed by atoms with Gasteiger partial charge in [0, 0.05) is 5.56 Å². The van der Waals surface area contributed by atoms with Crippen molar-refractivity contribution in [3.8, 4) is 22.8 Å².